The average molecular weight is 385 g/mol. The molecule has 2 aliphatic rings. The normalized spacial score (nSPS) is 19.2. The van der Waals surface area contributed by atoms with Gasteiger partial charge in [-0.1, -0.05) is 0 Å². The first-order valence-corrected chi connectivity index (χ1v) is 9.54. The van der Waals surface area contributed by atoms with Crippen LogP contribution in [-0.2, 0) is 0 Å². The number of hydrogen-bond donors (Lipinski definition) is 1. The molecule has 0 unspecified atom stereocenters. The van der Waals surface area contributed by atoms with E-state index < -0.39 is 6.43 Å². The number of imidazole rings is 1. The topological polar surface area (TPSA) is 71.2 Å². The van der Waals surface area contributed by atoms with E-state index in [-0.39, 0.29) is 5.69 Å². The van der Waals surface area contributed by atoms with E-state index in [9.17, 15) is 8.78 Å². The maximum absolute atomic E-state index is 13.0. The summed E-state index contributed by atoms with van der Waals surface area (Å²) in [6.45, 7) is 4.12. The zero-order valence-electron chi connectivity index (χ0n) is 15.4. The van der Waals surface area contributed by atoms with Gasteiger partial charge in [0.1, 0.15) is 17.2 Å². The van der Waals surface area contributed by atoms with Gasteiger partial charge in [-0.15, -0.1) is 0 Å². The van der Waals surface area contributed by atoms with Crippen LogP contribution in [0.4, 0.5) is 14.6 Å². The molecule has 0 amide bonds. The highest BCUT2D eigenvalue weighted by molar-refractivity contribution is 5.58. The maximum Gasteiger partial charge on any atom is 0.281 e. The lowest BCUT2D eigenvalue weighted by Gasteiger charge is -2.33. The number of nitrogens with one attached hydrogen (secondary N) is 1. The molecule has 0 radical (unpaired) electrons. The monoisotopic (exact) mass is 385 g/mol. The van der Waals surface area contributed by atoms with Crippen molar-refractivity contribution >= 4 is 11.5 Å². The van der Waals surface area contributed by atoms with Gasteiger partial charge in [-0.25, -0.2) is 28.7 Å². The quantitative estimate of drug-likeness (QED) is 0.748. The smallest absolute Gasteiger partial charge is 0.281 e. The van der Waals surface area contributed by atoms with Crippen molar-refractivity contribution in [2.45, 2.75) is 25.7 Å². The van der Waals surface area contributed by atoms with E-state index in [1.807, 2.05) is 6.07 Å². The van der Waals surface area contributed by atoms with Crippen molar-refractivity contribution in [1.29, 1.82) is 0 Å². The standard InChI is InChI=1S/C19H21F2N7/c20-17(21)13-11-28-14(9-25-16(28)10-24-13)18-23-5-1-15(26-18)27-8-4-19(12-27)2-6-22-7-3-19/h1,5,9-11,17,22H,2-4,6-8,12H2. The van der Waals surface area contributed by atoms with Crippen LogP contribution in [0.1, 0.15) is 31.4 Å². The molecule has 0 bridgehead atoms. The molecule has 2 aliphatic heterocycles. The number of nitrogens with zero attached hydrogens (tertiary/aromatic N) is 6. The molecule has 0 aromatic carbocycles. The van der Waals surface area contributed by atoms with Crippen LogP contribution in [0.5, 0.6) is 0 Å². The van der Waals surface area contributed by atoms with Crippen molar-refractivity contribution in [3.63, 3.8) is 0 Å². The van der Waals surface area contributed by atoms with E-state index in [1.54, 1.807) is 16.8 Å². The minimum absolute atomic E-state index is 0.296. The number of rotatable bonds is 3. The molecule has 9 heteroatoms. The third-order valence-electron chi connectivity index (χ3n) is 5.94. The summed E-state index contributed by atoms with van der Waals surface area (Å²) in [6, 6.07) is 1.92. The van der Waals surface area contributed by atoms with Crippen LogP contribution in [0.3, 0.4) is 0 Å². The summed E-state index contributed by atoms with van der Waals surface area (Å²) < 4.78 is 27.7. The van der Waals surface area contributed by atoms with Gasteiger partial charge in [0, 0.05) is 25.5 Å². The molecule has 146 valence electrons. The molecule has 2 saturated heterocycles. The second-order valence-electron chi connectivity index (χ2n) is 7.64. The van der Waals surface area contributed by atoms with E-state index in [0.717, 1.165) is 32.0 Å². The fraction of sp³-hybridized carbons (Fsp3) is 0.474. The fourth-order valence-electron chi connectivity index (χ4n) is 4.33. The van der Waals surface area contributed by atoms with E-state index >= 15 is 0 Å². The van der Waals surface area contributed by atoms with Gasteiger partial charge in [0.2, 0.25) is 0 Å². The first kappa shape index (κ1) is 17.4. The number of piperidine rings is 1. The number of halogens is 2. The summed E-state index contributed by atoms with van der Waals surface area (Å²) >= 11 is 0. The van der Waals surface area contributed by atoms with Crippen LogP contribution >= 0.6 is 0 Å². The molecular weight excluding hydrogens is 364 g/mol. The van der Waals surface area contributed by atoms with Crippen molar-refractivity contribution in [1.82, 2.24) is 29.7 Å². The molecule has 7 nitrogen and oxygen atoms in total. The highest BCUT2D eigenvalue weighted by atomic mass is 19.3. The molecule has 1 spiro atoms. The van der Waals surface area contributed by atoms with Gasteiger partial charge in [-0.2, -0.15) is 0 Å². The Morgan fingerprint density at radius 2 is 1.93 bits per heavy atom. The van der Waals surface area contributed by atoms with Crippen molar-refractivity contribution in [2.24, 2.45) is 5.41 Å². The van der Waals surface area contributed by atoms with E-state index in [1.165, 1.54) is 31.7 Å². The van der Waals surface area contributed by atoms with Gasteiger partial charge >= 0.3 is 0 Å². The van der Waals surface area contributed by atoms with Gasteiger partial charge < -0.3 is 10.2 Å². The molecule has 5 rings (SSSR count). The van der Waals surface area contributed by atoms with Crippen molar-refractivity contribution < 1.29 is 8.78 Å². The SMILES string of the molecule is FC(F)c1cn2c(-c3nccc(N4CCC5(CCNCC5)C4)n3)cnc2cn1. The van der Waals surface area contributed by atoms with Gasteiger partial charge in [-0.05, 0) is 43.8 Å². The lowest BCUT2D eigenvalue weighted by atomic mass is 9.78. The van der Waals surface area contributed by atoms with Crippen molar-refractivity contribution in [2.75, 3.05) is 31.1 Å². The highest BCUT2D eigenvalue weighted by Crippen LogP contribution is 2.40. The van der Waals surface area contributed by atoms with Gasteiger partial charge in [0.15, 0.2) is 11.5 Å². The number of fused-ring (bicyclic) bond motifs is 1. The number of anilines is 1. The number of alkyl halides is 2. The van der Waals surface area contributed by atoms with E-state index in [0.29, 0.717) is 22.6 Å². The Bertz CT molecular complexity index is 997. The van der Waals surface area contributed by atoms with Crippen LogP contribution in [0.2, 0.25) is 0 Å². The molecule has 5 heterocycles. The predicted octanol–water partition coefficient (Wildman–Crippen LogP) is 2.70. The minimum atomic E-state index is -2.64. The van der Waals surface area contributed by atoms with Crippen LogP contribution in [0, 0.1) is 5.41 Å². The third kappa shape index (κ3) is 2.99. The lowest BCUT2D eigenvalue weighted by Crippen LogP contribution is -2.38. The molecule has 1 N–H and O–H groups in total. The van der Waals surface area contributed by atoms with Crippen molar-refractivity contribution in [3.05, 3.63) is 36.5 Å². The maximum atomic E-state index is 13.0. The first-order valence-electron chi connectivity index (χ1n) is 9.54. The van der Waals surface area contributed by atoms with Gasteiger partial charge in [0.05, 0.1) is 12.4 Å². The lowest BCUT2D eigenvalue weighted by molar-refractivity contribution is 0.145. The van der Waals surface area contributed by atoms with Crippen molar-refractivity contribution in [3.8, 4) is 11.5 Å². The number of hydrogen-bond acceptors (Lipinski definition) is 6. The van der Waals surface area contributed by atoms with E-state index in [2.05, 4.69) is 25.2 Å². The summed E-state index contributed by atoms with van der Waals surface area (Å²) in [5, 5.41) is 3.44. The summed E-state index contributed by atoms with van der Waals surface area (Å²) in [7, 11) is 0. The Hall–Kier alpha value is -2.68. The summed E-state index contributed by atoms with van der Waals surface area (Å²) in [6.07, 6.45) is 6.89. The highest BCUT2D eigenvalue weighted by Gasteiger charge is 2.39. The van der Waals surface area contributed by atoms with Crippen LogP contribution in [0.25, 0.3) is 17.2 Å². The molecule has 3 aromatic heterocycles. The molecule has 3 aromatic rings. The first-order chi connectivity index (χ1) is 13.6. The zero-order valence-corrected chi connectivity index (χ0v) is 15.4. The Kier molecular flexibility index (Phi) is 4.19. The molecule has 0 atom stereocenters. The van der Waals surface area contributed by atoms with Gasteiger partial charge in [-0.3, -0.25) is 4.40 Å². The average Bonchev–Trinajstić information content (AvgIpc) is 3.33. The Morgan fingerprint density at radius 1 is 1.07 bits per heavy atom. The second-order valence-corrected chi connectivity index (χ2v) is 7.64. The second kappa shape index (κ2) is 6.73. The fourth-order valence-corrected chi connectivity index (χ4v) is 4.33. The summed E-state index contributed by atoms with van der Waals surface area (Å²) in [4.78, 5) is 19.4. The molecule has 0 aliphatic carbocycles. The molecule has 2 fully saturated rings. The van der Waals surface area contributed by atoms with Crippen LogP contribution < -0.4 is 10.2 Å². The van der Waals surface area contributed by atoms with E-state index in [4.69, 9.17) is 4.98 Å². The Balaban J connectivity index is 1.46. The molecular formula is C19H21F2N7. The van der Waals surface area contributed by atoms with Gasteiger partial charge in [0.25, 0.3) is 6.43 Å². The zero-order chi connectivity index (χ0) is 19.1. The van der Waals surface area contributed by atoms with Crippen LogP contribution in [0.15, 0.2) is 30.9 Å². The number of aromatic nitrogens is 5. The summed E-state index contributed by atoms with van der Waals surface area (Å²) in [5.41, 5.74) is 1.15. The van der Waals surface area contributed by atoms with Crippen LogP contribution in [-0.4, -0.2) is 50.5 Å². The predicted molar refractivity (Wildman–Crippen MR) is 100 cm³/mol. The minimum Gasteiger partial charge on any atom is -0.356 e. The third-order valence-corrected chi connectivity index (χ3v) is 5.94. The summed E-state index contributed by atoms with van der Waals surface area (Å²) in [5.74, 6) is 1.35. The Labute approximate surface area is 160 Å². The largest absolute Gasteiger partial charge is 0.356 e. The molecule has 0 saturated carbocycles. The molecule has 28 heavy (non-hydrogen) atoms. The Morgan fingerprint density at radius 3 is 2.75 bits per heavy atom.